The molecule has 0 aliphatic carbocycles. The fourth-order valence-corrected chi connectivity index (χ4v) is 3.61. The van der Waals surface area contributed by atoms with Crippen molar-refractivity contribution in [1.29, 1.82) is 0 Å². The van der Waals surface area contributed by atoms with Gasteiger partial charge in [-0.05, 0) is 36.8 Å². The van der Waals surface area contributed by atoms with E-state index in [4.69, 9.17) is 14.5 Å². The summed E-state index contributed by atoms with van der Waals surface area (Å²) in [4.78, 5) is 4.97. The SMILES string of the molecule is CC[C@H]1N=C(c2ccccc2F)c2cccn2-c2cc(OC)c(OC)cc21. The van der Waals surface area contributed by atoms with Crippen LogP contribution in [0.2, 0.25) is 0 Å². The molecule has 138 valence electrons. The van der Waals surface area contributed by atoms with Crippen molar-refractivity contribution in [2.45, 2.75) is 19.4 Å². The molecule has 1 atom stereocenters. The number of benzene rings is 2. The molecular formula is C22H21FN2O2. The molecule has 1 aliphatic heterocycles. The van der Waals surface area contributed by atoms with Crippen molar-refractivity contribution in [2.24, 2.45) is 4.99 Å². The third-order valence-corrected chi connectivity index (χ3v) is 4.94. The summed E-state index contributed by atoms with van der Waals surface area (Å²) in [6.45, 7) is 2.08. The standard InChI is InChI=1S/C22H21FN2O2/c1-4-17-15-12-20(26-2)21(27-3)13-19(15)25-11-7-10-18(25)22(24-17)14-8-5-6-9-16(14)23/h5-13,17H,4H2,1-3H3/t17-/m1/s1. The Labute approximate surface area is 157 Å². The van der Waals surface area contributed by atoms with Gasteiger partial charge in [0.25, 0.3) is 0 Å². The Morgan fingerprint density at radius 1 is 1.04 bits per heavy atom. The van der Waals surface area contributed by atoms with Crippen LogP contribution in [0.25, 0.3) is 5.69 Å². The molecule has 5 heteroatoms. The fourth-order valence-electron chi connectivity index (χ4n) is 3.61. The van der Waals surface area contributed by atoms with Crippen molar-refractivity contribution in [1.82, 2.24) is 4.57 Å². The first kappa shape index (κ1) is 17.3. The molecular weight excluding hydrogens is 343 g/mol. The molecule has 27 heavy (non-hydrogen) atoms. The summed E-state index contributed by atoms with van der Waals surface area (Å²) in [5, 5.41) is 0. The highest BCUT2D eigenvalue weighted by molar-refractivity contribution is 6.13. The Balaban J connectivity index is 2.01. The molecule has 0 amide bonds. The number of nitrogens with zero attached hydrogens (tertiary/aromatic N) is 2. The summed E-state index contributed by atoms with van der Waals surface area (Å²) < 4.78 is 27.6. The fraction of sp³-hybridized carbons (Fsp3) is 0.227. The van der Waals surface area contributed by atoms with Gasteiger partial charge in [0.1, 0.15) is 5.82 Å². The van der Waals surface area contributed by atoms with Crippen molar-refractivity contribution in [3.63, 3.8) is 0 Å². The van der Waals surface area contributed by atoms with Crippen LogP contribution in [0.1, 0.15) is 36.2 Å². The number of rotatable bonds is 4. The van der Waals surface area contributed by atoms with Crippen LogP contribution >= 0.6 is 0 Å². The molecule has 2 heterocycles. The van der Waals surface area contributed by atoms with Crippen LogP contribution in [-0.4, -0.2) is 24.5 Å². The molecule has 0 unspecified atom stereocenters. The third kappa shape index (κ3) is 2.79. The lowest BCUT2D eigenvalue weighted by molar-refractivity contribution is 0.354. The van der Waals surface area contributed by atoms with Crippen molar-refractivity contribution in [3.05, 3.63) is 77.4 Å². The van der Waals surface area contributed by atoms with Crippen molar-refractivity contribution >= 4 is 5.71 Å². The van der Waals surface area contributed by atoms with Gasteiger partial charge in [0.2, 0.25) is 0 Å². The topological polar surface area (TPSA) is 35.8 Å². The molecule has 0 radical (unpaired) electrons. The van der Waals surface area contributed by atoms with E-state index in [0.717, 1.165) is 23.4 Å². The maximum absolute atomic E-state index is 14.6. The second-order valence-electron chi connectivity index (χ2n) is 6.41. The first-order chi connectivity index (χ1) is 13.2. The molecule has 4 nitrogen and oxygen atoms in total. The first-order valence-electron chi connectivity index (χ1n) is 8.94. The van der Waals surface area contributed by atoms with Gasteiger partial charge < -0.3 is 14.0 Å². The minimum atomic E-state index is -0.278. The maximum atomic E-state index is 14.6. The monoisotopic (exact) mass is 364 g/mol. The second kappa shape index (κ2) is 6.91. The van der Waals surface area contributed by atoms with Gasteiger partial charge in [-0.3, -0.25) is 4.99 Å². The average Bonchev–Trinajstić information content (AvgIpc) is 3.14. The largest absolute Gasteiger partial charge is 0.493 e. The van der Waals surface area contributed by atoms with E-state index in [0.29, 0.717) is 22.8 Å². The molecule has 0 saturated carbocycles. The molecule has 4 rings (SSSR count). The Hall–Kier alpha value is -3.08. The third-order valence-electron chi connectivity index (χ3n) is 4.94. The molecule has 3 aromatic rings. The van der Waals surface area contributed by atoms with Crippen LogP contribution < -0.4 is 9.47 Å². The van der Waals surface area contributed by atoms with Gasteiger partial charge in [0.15, 0.2) is 11.5 Å². The number of hydrogen-bond donors (Lipinski definition) is 0. The van der Waals surface area contributed by atoms with Crippen molar-refractivity contribution in [3.8, 4) is 17.2 Å². The number of ether oxygens (including phenoxy) is 2. The summed E-state index contributed by atoms with van der Waals surface area (Å²) in [7, 11) is 3.24. The van der Waals surface area contributed by atoms with E-state index in [1.165, 1.54) is 6.07 Å². The van der Waals surface area contributed by atoms with Gasteiger partial charge in [0, 0.05) is 23.4 Å². The molecule has 1 aliphatic rings. The van der Waals surface area contributed by atoms with E-state index in [1.807, 2.05) is 41.1 Å². The predicted octanol–water partition coefficient (Wildman–Crippen LogP) is 4.94. The van der Waals surface area contributed by atoms with Crippen molar-refractivity contribution < 1.29 is 13.9 Å². The van der Waals surface area contributed by atoms with Crippen LogP contribution in [0.3, 0.4) is 0 Å². The molecule has 0 fully saturated rings. The Kier molecular flexibility index (Phi) is 4.44. The van der Waals surface area contributed by atoms with Crippen LogP contribution in [0.5, 0.6) is 11.5 Å². The zero-order valence-electron chi connectivity index (χ0n) is 15.6. The summed E-state index contributed by atoms with van der Waals surface area (Å²) in [5.74, 6) is 1.04. The lowest BCUT2D eigenvalue weighted by Gasteiger charge is -2.18. The summed E-state index contributed by atoms with van der Waals surface area (Å²) in [6, 6.07) is 14.5. The van der Waals surface area contributed by atoms with E-state index < -0.39 is 0 Å². The van der Waals surface area contributed by atoms with E-state index in [-0.39, 0.29) is 11.9 Å². The molecule has 0 spiro atoms. The quantitative estimate of drug-likeness (QED) is 0.658. The summed E-state index contributed by atoms with van der Waals surface area (Å²) in [5.41, 5.74) is 4.00. The van der Waals surface area contributed by atoms with Gasteiger partial charge in [-0.15, -0.1) is 0 Å². The Bertz CT molecular complexity index is 1020. The van der Waals surface area contributed by atoms with Gasteiger partial charge >= 0.3 is 0 Å². The molecule has 0 bridgehead atoms. The van der Waals surface area contributed by atoms with E-state index in [9.17, 15) is 4.39 Å². The van der Waals surface area contributed by atoms with Crippen LogP contribution in [0.4, 0.5) is 4.39 Å². The molecule has 2 aromatic carbocycles. The highest BCUT2D eigenvalue weighted by atomic mass is 19.1. The van der Waals surface area contributed by atoms with Crippen LogP contribution in [-0.2, 0) is 0 Å². The number of hydrogen-bond acceptors (Lipinski definition) is 3. The minimum absolute atomic E-state index is 0.116. The number of aromatic nitrogens is 1. The second-order valence-corrected chi connectivity index (χ2v) is 6.41. The molecule has 1 aromatic heterocycles. The molecule has 0 saturated heterocycles. The average molecular weight is 364 g/mol. The van der Waals surface area contributed by atoms with Gasteiger partial charge in [0.05, 0.1) is 37.4 Å². The predicted molar refractivity (Wildman–Crippen MR) is 104 cm³/mol. The van der Waals surface area contributed by atoms with Gasteiger partial charge in [-0.1, -0.05) is 19.1 Å². The highest BCUT2D eigenvalue weighted by Crippen LogP contribution is 2.40. The zero-order chi connectivity index (χ0) is 19.0. The van der Waals surface area contributed by atoms with Crippen LogP contribution in [0.15, 0.2) is 59.7 Å². The Morgan fingerprint density at radius 2 is 1.78 bits per heavy atom. The Morgan fingerprint density at radius 3 is 2.48 bits per heavy atom. The number of halogens is 1. The summed E-state index contributed by atoms with van der Waals surface area (Å²) >= 11 is 0. The molecule has 0 N–H and O–H groups in total. The first-order valence-corrected chi connectivity index (χ1v) is 8.94. The lowest BCUT2D eigenvalue weighted by atomic mass is 10.0. The maximum Gasteiger partial charge on any atom is 0.162 e. The van der Waals surface area contributed by atoms with Gasteiger partial charge in [-0.2, -0.15) is 0 Å². The van der Waals surface area contributed by atoms with E-state index in [1.54, 1.807) is 26.4 Å². The number of fused-ring (bicyclic) bond motifs is 3. The highest BCUT2D eigenvalue weighted by Gasteiger charge is 2.26. The number of aliphatic imine (C=N–C) groups is 1. The normalized spacial score (nSPS) is 15.4. The van der Waals surface area contributed by atoms with Crippen molar-refractivity contribution in [2.75, 3.05) is 14.2 Å². The van der Waals surface area contributed by atoms with Crippen LogP contribution in [0, 0.1) is 5.82 Å². The zero-order valence-corrected chi connectivity index (χ0v) is 15.6. The van der Waals surface area contributed by atoms with E-state index in [2.05, 4.69) is 6.92 Å². The lowest BCUT2D eigenvalue weighted by Crippen LogP contribution is -2.10. The summed E-state index contributed by atoms with van der Waals surface area (Å²) in [6.07, 6.45) is 2.75. The van der Waals surface area contributed by atoms with Gasteiger partial charge in [-0.25, -0.2) is 4.39 Å². The number of methoxy groups -OCH3 is 2. The smallest absolute Gasteiger partial charge is 0.162 e. The minimum Gasteiger partial charge on any atom is -0.493 e. The van der Waals surface area contributed by atoms with E-state index >= 15 is 0 Å².